The Kier molecular flexibility index (Phi) is 2.88. The van der Waals surface area contributed by atoms with Crippen LogP contribution >= 0.6 is 0 Å². The van der Waals surface area contributed by atoms with Gasteiger partial charge in [-0.1, -0.05) is 0 Å². The average molecular weight is 87.1 g/mol. The first-order valence-corrected chi connectivity index (χ1v) is 5.05. The van der Waals surface area contributed by atoms with E-state index in [0.717, 1.165) is 0 Å². The van der Waals surface area contributed by atoms with E-state index in [1.54, 1.807) is 0 Å². The van der Waals surface area contributed by atoms with Crippen LogP contribution in [0.4, 0.5) is 0 Å². The van der Waals surface area contributed by atoms with E-state index in [1.807, 2.05) is 0 Å². The Morgan fingerprint density at radius 2 is 1.00 bits per heavy atom. The van der Waals surface area contributed by atoms with Crippen molar-refractivity contribution in [3.63, 3.8) is 0 Å². The van der Waals surface area contributed by atoms with Crippen molar-refractivity contribution < 1.29 is -0.839 Å². The standard InChI is InChI=1S/K.3O. The molecule has 0 aromatic heterocycles. The first-order valence-electron chi connectivity index (χ1n) is 1.22. The van der Waals surface area contributed by atoms with E-state index in [0.29, 0.717) is 0 Å². The van der Waals surface area contributed by atoms with E-state index < -0.39 is 44.7 Å². The van der Waals surface area contributed by atoms with E-state index in [-0.39, 0.29) is 0 Å². The quantitative estimate of drug-likeness (QED) is 0.366. The molecule has 4 heavy (non-hydrogen) atoms. The van der Waals surface area contributed by atoms with E-state index in [1.165, 1.54) is 0 Å². The summed E-state index contributed by atoms with van der Waals surface area (Å²) in [5.74, 6) is 0. The maximum atomic E-state index is 8.65. The Balaban J connectivity index is 4.65. The Bertz CT molecular complexity index is 72.7. The van der Waals surface area contributed by atoms with Crippen molar-refractivity contribution in [2.75, 3.05) is 0 Å². The summed E-state index contributed by atoms with van der Waals surface area (Å²) in [7, 11) is 0. The Morgan fingerprint density at radius 1 is 1.00 bits per heavy atom. The monoisotopic (exact) mass is 86.9 g/mol. The minimum atomic E-state index is -4.52. The second kappa shape index (κ2) is 2.28. The molecule has 0 bridgehead atoms. The van der Waals surface area contributed by atoms with Crippen LogP contribution in [0.1, 0.15) is 0 Å². The Labute approximate surface area is 42.8 Å². The van der Waals surface area contributed by atoms with Crippen molar-refractivity contribution in [1.82, 2.24) is 0 Å². The normalized spacial score (nSPS) is 10.5. The summed E-state index contributed by atoms with van der Waals surface area (Å²) < 4.78 is 25.9. The zero-order valence-electron chi connectivity index (χ0n) is 2.22. The SMILES string of the molecule is [O]=[K](=[O])=[O]. The summed E-state index contributed by atoms with van der Waals surface area (Å²) in [6.45, 7) is 0. The van der Waals surface area contributed by atoms with Gasteiger partial charge in [-0.3, -0.25) is 0 Å². The molecule has 0 fully saturated rings. The molecule has 19 valence electrons. The van der Waals surface area contributed by atoms with Gasteiger partial charge in [0.2, 0.25) is 0 Å². The second-order valence-corrected chi connectivity index (χ2v) is 2.06. The predicted molar refractivity (Wildman–Crippen MR) is 7.81 cm³/mol. The Morgan fingerprint density at radius 3 is 1.00 bits per heavy atom. The van der Waals surface area contributed by atoms with Crippen LogP contribution in [-0.4, -0.2) is 44.7 Å². The molecule has 0 spiro atoms. The summed E-state index contributed by atoms with van der Waals surface area (Å²) >= 11 is -4.52. The molecule has 0 heterocycles. The van der Waals surface area contributed by atoms with Crippen LogP contribution in [-0.2, 0) is -0.839 Å². The van der Waals surface area contributed by atoms with Crippen molar-refractivity contribution in [3.8, 4) is 0 Å². The zero-order chi connectivity index (χ0) is 3.58. The average Bonchev–Trinajstić information content (AvgIpc) is 0.811. The van der Waals surface area contributed by atoms with Crippen LogP contribution in [0, 0.1) is 0 Å². The van der Waals surface area contributed by atoms with E-state index in [4.69, 9.17) is -0.839 Å². The molecule has 0 unspecified atom stereocenters. The van der Waals surface area contributed by atoms with Crippen molar-refractivity contribution in [2.24, 2.45) is 0 Å². The molecule has 0 amide bonds. The van der Waals surface area contributed by atoms with Gasteiger partial charge >= 0.3 is 43.8 Å². The summed E-state index contributed by atoms with van der Waals surface area (Å²) in [6, 6.07) is 0. The summed E-state index contributed by atoms with van der Waals surface area (Å²) in [6.07, 6.45) is 0. The van der Waals surface area contributed by atoms with Crippen molar-refractivity contribution in [2.45, 2.75) is 0 Å². The third-order valence-electron chi connectivity index (χ3n) is 0. The van der Waals surface area contributed by atoms with E-state index >= 15 is 0 Å². The molecule has 0 aliphatic rings. The van der Waals surface area contributed by atoms with Crippen molar-refractivity contribution in [3.05, 3.63) is 0 Å². The van der Waals surface area contributed by atoms with Crippen molar-refractivity contribution >= 4 is 44.7 Å². The molecule has 0 saturated carbocycles. The third kappa shape index (κ3) is 11.7. The molecule has 0 N–H and O–H groups in total. The van der Waals surface area contributed by atoms with Gasteiger partial charge in [0.1, 0.15) is 0 Å². The molecule has 4 heteroatoms. The molecule has 3 nitrogen and oxygen atoms in total. The first-order chi connectivity index (χ1) is 1.73. The fourth-order valence-corrected chi connectivity index (χ4v) is 0. The van der Waals surface area contributed by atoms with E-state index in [2.05, 4.69) is 0 Å². The molecule has 0 aliphatic carbocycles. The molecular weight excluding hydrogens is 87.1 g/mol. The summed E-state index contributed by atoms with van der Waals surface area (Å²) in [4.78, 5) is 0. The summed E-state index contributed by atoms with van der Waals surface area (Å²) in [5, 5.41) is 0. The third-order valence-corrected chi connectivity index (χ3v) is 0. The van der Waals surface area contributed by atoms with Crippen LogP contribution in [0.15, 0.2) is 0 Å². The molecule has 0 aliphatic heterocycles. The van der Waals surface area contributed by atoms with E-state index in [9.17, 15) is 0 Å². The van der Waals surface area contributed by atoms with Gasteiger partial charge in [-0.2, -0.15) is 0 Å². The second-order valence-electron chi connectivity index (χ2n) is 0.500. The topological polar surface area (TPSA) is 51.2 Å². The van der Waals surface area contributed by atoms with Gasteiger partial charge in [0.05, 0.1) is 0 Å². The molecule has 0 atom stereocenters. The van der Waals surface area contributed by atoms with Gasteiger partial charge in [-0.05, 0) is 0 Å². The van der Waals surface area contributed by atoms with Gasteiger partial charge < -0.3 is 0 Å². The van der Waals surface area contributed by atoms with Gasteiger partial charge in [0, 0.05) is 0 Å². The number of rotatable bonds is 0. The van der Waals surface area contributed by atoms with Gasteiger partial charge in [0.15, 0.2) is 0 Å². The van der Waals surface area contributed by atoms with Gasteiger partial charge in [-0.15, -0.1) is 0 Å². The molecule has 0 aromatic carbocycles. The van der Waals surface area contributed by atoms with Gasteiger partial charge in [-0.25, -0.2) is 0 Å². The summed E-state index contributed by atoms with van der Waals surface area (Å²) in [5.41, 5.74) is 0. The molecular formula is KO3. The number of hydrogen-bond acceptors (Lipinski definition) is 3. The molecule has 0 aromatic rings. The molecule has 0 saturated heterocycles. The minimum absolute atomic E-state index is 4.52. The van der Waals surface area contributed by atoms with Gasteiger partial charge in [0.25, 0.3) is 0 Å². The van der Waals surface area contributed by atoms with Crippen LogP contribution < -0.4 is 0 Å². The van der Waals surface area contributed by atoms with Crippen LogP contribution in [0.25, 0.3) is 0 Å². The predicted octanol–water partition coefficient (Wildman–Crippen LogP) is -0.737. The van der Waals surface area contributed by atoms with Crippen LogP contribution in [0.3, 0.4) is 0 Å². The Hall–Kier alpha value is 1.04. The van der Waals surface area contributed by atoms with Crippen LogP contribution in [0.5, 0.6) is 0 Å². The number of hydrogen-bond donors (Lipinski definition) is 0. The zero-order valence-corrected chi connectivity index (χ0v) is 5.35. The first kappa shape index (κ1) is 5.04. The fourth-order valence-electron chi connectivity index (χ4n) is 0. The van der Waals surface area contributed by atoms with Crippen LogP contribution in [0.2, 0.25) is 0 Å². The maximum absolute atomic E-state index is 8.65. The molecule has 0 rings (SSSR count). The fraction of sp³-hybridized carbons (Fsp3) is 0. The van der Waals surface area contributed by atoms with Crippen molar-refractivity contribution in [1.29, 1.82) is 0 Å². The molecule has 1 radical (unpaired) electrons.